The zero-order valence-corrected chi connectivity index (χ0v) is 25.8. The summed E-state index contributed by atoms with van der Waals surface area (Å²) < 4.78 is 12.4. The van der Waals surface area contributed by atoms with Crippen molar-refractivity contribution >= 4 is 23.4 Å². The van der Waals surface area contributed by atoms with Crippen LogP contribution in [0.4, 0.5) is 5.69 Å². The van der Waals surface area contributed by atoms with Crippen molar-refractivity contribution in [1.82, 2.24) is 10.2 Å². The topological polar surface area (TPSA) is 117 Å². The largest absolute Gasteiger partial charge is 0.494 e. The smallest absolute Gasteiger partial charge is 0.246 e. The number of hydrogen-bond acceptors (Lipinski definition) is 6. The summed E-state index contributed by atoms with van der Waals surface area (Å²) in [5.74, 6) is -2.00. The Balaban J connectivity index is 1.52. The number of nitrogens with zero attached hydrogens (tertiary/aromatic N) is 1. The lowest BCUT2D eigenvalue weighted by atomic mass is 9.62. The number of likely N-dealkylation sites (tertiary alicyclic amines) is 1. The van der Waals surface area contributed by atoms with Crippen molar-refractivity contribution < 1.29 is 29.0 Å². The number of nitrogens with one attached hydrogen (secondary N) is 2. The molecule has 8 atom stereocenters. The maximum Gasteiger partial charge on any atom is 0.246 e. The number of rotatable bonds is 12. The summed E-state index contributed by atoms with van der Waals surface area (Å²) in [6.07, 6.45) is 2.52. The molecule has 43 heavy (non-hydrogen) atoms. The van der Waals surface area contributed by atoms with E-state index in [4.69, 9.17) is 9.47 Å². The third-order valence-electron chi connectivity index (χ3n) is 9.74. The molecule has 3 amide bonds. The average Bonchev–Trinajstić information content (AvgIpc) is 3.50. The summed E-state index contributed by atoms with van der Waals surface area (Å²) in [5, 5.41) is 16.8. The van der Waals surface area contributed by atoms with Gasteiger partial charge in [0.1, 0.15) is 17.4 Å². The number of anilines is 1. The summed E-state index contributed by atoms with van der Waals surface area (Å²) in [6, 6.07) is 15.0. The summed E-state index contributed by atoms with van der Waals surface area (Å²) in [7, 11) is 0. The molecule has 0 saturated carbocycles. The van der Waals surface area contributed by atoms with Crippen LogP contribution in [0.2, 0.25) is 0 Å². The first-order chi connectivity index (χ1) is 20.6. The minimum absolute atomic E-state index is 0.0855. The molecule has 9 nitrogen and oxygen atoms in total. The Morgan fingerprint density at radius 2 is 1.81 bits per heavy atom. The predicted octanol–water partition coefficient (Wildman–Crippen LogP) is 3.94. The molecule has 3 aliphatic rings. The number of benzene rings is 2. The molecule has 1 spiro atoms. The van der Waals surface area contributed by atoms with Gasteiger partial charge in [-0.05, 0) is 75.8 Å². The molecule has 232 valence electrons. The molecule has 3 aliphatic heterocycles. The molecule has 3 N–H and O–H groups in total. The highest BCUT2D eigenvalue weighted by atomic mass is 16.5. The highest BCUT2D eigenvalue weighted by molar-refractivity contribution is 6.02. The van der Waals surface area contributed by atoms with E-state index in [1.807, 2.05) is 58.0 Å². The SMILES string of the molecule is CCCC(C)NC(=O)C1N([C@@H](CO)Cc2ccccc2)C(=O)[C@@H]2[C@@H](C(=O)Nc3ccc(OCC)cc3)[C@]3(C)OC12CC3C. The number of aliphatic hydroxyl groups is 1. The van der Waals surface area contributed by atoms with Crippen molar-refractivity contribution in [1.29, 1.82) is 0 Å². The van der Waals surface area contributed by atoms with Gasteiger partial charge in [-0.15, -0.1) is 0 Å². The van der Waals surface area contributed by atoms with Crippen molar-refractivity contribution in [3.05, 3.63) is 60.2 Å². The van der Waals surface area contributed by atoms with Crippen LogP contribution in [0.5, 0.6) is 5.75 Å². The van der Waals surface area contributed by atoms with Crippen LogP contribution in [0.3, 0.4) is 0 Å². The molecular formula is C34H45N3O6. The first-order valence-electron chi connectivity index (χ1n) is 15.6. The summed E-state index contributed by atoms with van der Waals surface area (Å²) in [4.78, 5) is 44.4. The second kappa shape index (κ2) is 12.3. The lowest BCUT2D eigenvalue weighted by Gasteiger charge is -2.37. The van der Waals surface area contributed by atoms with Crippen LogP contribution in [-0.2, 0) is 25.5 Å². The molecule has 0 aromatic heterocycles. The summed E-state index contributed by atoms with van der Waals surface area (Å²) >= 11 is 0. The first-order valence-corrected chi connectivity index (χ1v) is 15.6. The highest BCUT2D eigenvalue weighted by Crippen LogP contribution is 2.65. The van der Waals surface area contributed by atoms with Crippen LogP contribution in [0.1, 0.15) is 59.4 Å². The van der Waals surface area contributed by atoms with Crippen molar-refractivity contribution in [2.75, 3.05) is 18.5 Å². The monoisotopic (exact) mass is 591 g/mol. The predicted molar refractivity (Wildman–Crippen MR) is 163 cm³/mol. The van der Waals surface area contributed by atoms with Gasteiger partial charge in [0.05, 0.1) is 36.7 Å². The van der Waals surface area contributed by atoms with Crippen molar-refractivity contribution in [2.45, 2.75) is 89.6 Å². The summed E-state index contributed by atoms with van der Waals surface area (Å²) in [5.41, 5.74) is -0.600. The van der Waals surface area contributed by atoms with E-state index < -0.39 is 35.1 Å². The van der Waals surface area contributed by atoms with E-state index in [2.05, 4.69) is 17.6 Å². The molecule has 2 aromatic carbocycles. The minimum atomic E-state index is -1.19. The van der Waals surface area contributed by atoms with Crippen LogP contribution < -0.4 is 15.4 Å². The second-order valence-electron chi connectivity index (χ2n) is 12.6. The van der Waals surface area contributed by atoms with Crippen molar-refractivity contribution in [3.8, 4) is 5.75 Å². The maximum absolute atomic E-state index is 14.6. The van der Waals surface area contributed by atoms with Crippen LogP contribution in [0.25, 0.3) is 0 Å². The minimum Gasteiger partial charge on any atom is -0.494 e. The number of fused-ring (bicyclic) bond motifs is 1. The van der Waals surface area contributed by atoms with E-state index in [0.717, 1.165) is 18.4 Å². The van der Waals surface area contributed by atoms with Crippen LogP contribution in [0, 0.1) is 17.8 Å². The lowest BCUT2D eigenvalue weighted by molar-refractivity contribution is -0.150. The molecule has 4 unspecified atom stereocenters. The number of ether oxygens (including phenoxy) is 2. The van der Waals surface area contributed by atoms with Gasteiger partial charge in [-0.1, -0.05) is 50.6 Å². The zero-order valence-electron chi connectivity index (χ0n) is 25.8. The maximum atomic E-state index is 14.6. The fourth-order valence-corrected chi connectivity index (χ4v) is 7.75. The van der Waals surface area contributed by atoms with E-state index in [1.54, 1.807) is 29.2 Å². The normalized spacial score (nSPS) is 30.6. The third kappa shape index (κ3) is 5.42. The van der Waals surface area contributed by atoms with Crippen LogP contribution in [0.15, 0.2) is 54.6 Å². The van der Waals surface area contributed by atoms with E-state index in [1.165, 1.54) is 0 Å². The molecule has 2 bridgehead atoms. The number of carbonyl (C=O) groups excluding carboxylic acids is 3. The third-order valence-corrected chi connectivity index (χ3v) is 9.74. The second-order valence-corrected chi connectivity index (χ2v) is 12.6. The van der Waals surface area contributed by atoms with Gasteiger partial charge in [0.2, 0.25) is 17.7 Å². The molecule has 3 saturated heterocycles. The van der Waals surface area contributed by atoms with Crippen molar-refractivity contribution in [2.24, 2.45) is 17.8 Å². The lowest BCUT2D eigenvalue weighted by Crippen LogP contribution is -2.59. The van der Waals surface area contributed by atoms with E-state index in [9.17, 15) is 19.5 Å². The molecule has 0 aliphatic carbocycles. The first kappa shape index (κ1) is 31.0. The Kier molecular flexibility index (Phi) is 8.86. The molecule has 3 heterocycles. The van der Waals surface area contributed by atoms with E-state index in [-0.39, 0.29) is 36.3 Å². The molecule has 0 radical (unpaired) electrons. The van der Waals surface area contributed by atoms with Gasteiger partial charge in [0, 0.05) is 11.7 Å². The van der Waals surface area contributed by atoms with Gasteiger partial charge in [-0.2, -0.15) is 0 Å². The standard InChI is InChI=1S/C34H45N3O6/c1-6-11-22(4)35-31(40)29-34-19-21(3)33(5,43-34)27(30(39)36-24-14-16-26(17-15-24)42-7-2)28(34)32(41)37(29)25(20-38)18-23-12-9-8-10-13-23/h8-10,12-17,21-22,25,27-29,38H,6-7,11,18-20H2,1-5H3,(H,35,40)(H,36,39)/t21?,22?,25-,27+,28+,29?,33-,34?/m1/s1. The Labute approximate surface area is 254 Å². The van der Waals surface area contributed by atoms with Crippen molar-refractivity contribution in [3.63, 3.8) is 0 Å². The van der Waals surface area contributed by atoms with Gasteiger partial charge in [0.15, 0.2) is 0 Å². The average molecular weight is 592 g/mol. The molecule has 2 aromatic rings. The molecular weight excluding hydrogens is 546 g/mol. The van der Waals surface area contributed by atoms with Gasteiger partial charge in [-0.25, -0.2) is 0 Å². The highest BCUT2D eigenvalue weighted by Gasteiger charge is 2.80. The summed E-state index contributed by atoms with van der Waals surface area (Å²) in [6.45, 7) is 10.0. The number of carbonyl (C=O) groups is 3. The number of amides is 3. The molecule has 5 rings (SSSR count). The Morgan fingerprint density at radius 1 is 1.12 bits per heavy atom. The van der Waals surface area contributed by atoms with Crippen LogP contribution >= 0.6 is 0 Å². The van der Waals surface area contributed by atoms with Gasteiger partial charge < -0.3 is 30.1 Å². The Bertz CT molecular complexity index is 1320. The fraction of sp³-hybridized carbons (Fsp3) is 0.559. The quantitative estimate of drug-likeness (QED) is 0.344. The van der Waals surface area contributed by atoms with Crippen LogP contribution in [-0.4, -0.2) is 70.3 Å². The van der Waals surface area contributed by atoms with E-state index in [0.29, 0.717) is 30.9 Å². The molecule has 9 heteroatoms. The number of hydrogen-bond donors (Lipinski definition) is 3. The number of aliphatic hydroxyl groups excluding tert-OH is 1. The fourth-order valence-electron chi connectivity index (χ4n) is 7.75. The van der Waals surface area contributed by atoms with Gasteiger partial charge >= 0.3 is 0 Å². The van der Waals surface area contributed by atoms with Gasteiger partial charge in [-0.3, -0.25) is 14.4 Å². The van der Waals surface area contributed by atoms with Gasteiger partial charge in [0.25, 0.3) is 0 Å². The molecule has 3 fully saturated rings. The van der Waals surface area contributed by atoms with E-state index >= 15 is 0 Å². The Morgan fingerprint density at radius 3 is 2.44 bits per heavy atom. The zero-order chi connectivity index (χ0) is 30.9. The Hall–Kier alpha value is -3.43.